The third-order valence-corrected chi connectivity index (χ3v) is 16.6. The molecular weight excluding hydrogens is 877 g/mol. The van der Waals surface area contributed by atoms with Gasteiger partial charge in [-0.25, -0.2) is 0 Å². The van der Waals surface area contributed by atoms with Crippen LogP contribution in [0.1, 0.15) is 25.3 Å². The average Bonchev–Trinajstić information content (AvgIpc) is 3.97. The predicted molar refractivity (Wildman–Crippen MR) is 313 cm³/mol. The number of rotatable bonds is 6. The van der Waals surface area contributed by atoms with Gasteiger partial charge in [-0.15, -0.1) is 0 Å². The lowest BCUT2D eigenvalue weighted by Gasteiger charge is -2.22. The third-order valence-electron chi connectivity index (χ3n) is 16.6. The minimum Gasteiger partial charge on any atom is -0.0622 e. The van der Waals surface area contributed by atoms with E-state index in [4.69, 9.17) is 0 Å². The van der Waals surface area contributed by atoms with Crippen LogP contribution in [0, 0.1) is 0 Å². The van der Waals surface area contributed by atoms with Crippen molar-refractivity contribution in [2.45, 2.75) is 19.8 Å². The molecule has 0 fully saturated rings. The van der Waals surface area contributed by atoms with Crippen molar-refractivity contribution in [2.75, 3.05) is 0 Å². The average molecular weight is 923 g/mol. The van der Waals surface area contributed by atoms with E-state index in [1.807, 2.05) is 0 Å². The Morgan fingerprint density at radius 3 is 1.03 bits per heavy atom. The van der Waals surface area contributed by atoms with Crippen LogP contribution in [0.15, 0.2) is 237 Å². The Bertz CT molecular complexity index is 4530. The third kappa shape index (κ3) is 5.61. The van der Waals surface area contributed by atoms with Gasteiger partial charge in [-0.1, -0.05) is 244 Å². The number of fused-ring (bicyclic) bond motifs is 8. The largest absolute Gasteiger partial charge is 0.0622 e. The van der Waals surface area contributed by atoms with Gasteiger partial charge in [0.1, 0.15) is 0 Å². The molecule has 0 bridgehead atoms. The lowest BCUT2D eigenvalue weighted by Crippen LogP contribution is -1.95. The van der Waals surface area contributed by atoms with Crippen LogP contribution in [-0.4, -0.2) is 0 Å². The van der Waals surface area contributed by atoms with E-state index in [1.54, 1.807) is 0 Å². The highest BCUT2D eigenvalue weighted by Crippen LogP contribution is 2.64. The fourth-order valence-electron chi connectivity index (χ4n) is 13.5. The highest BCUT2D eigenvalue weighted by atomic mass is 14.4. The molecule has 0 aliphatic heterocycles. The van der Waals surface area contributed by atoms with Gasteiger partial charge in [0.2, 0.25) is 0 Å². The molecule has 16 rings (SSSR count). The summed E-state index contributed by atoms with van der Waals surface area (Å²) in [6, 6.07) is 89.7. The first kappa shape index (κ1) is 40.6. The molecule has 0 saturated heterocycles. The van der Waals surface area contributed by atoms with Crippen molar-refractivity contribution < 1.29 is 0 Å². The summed E-state index contributed by atoms with van der Waals surface area (Å²) in [6.07, 6.45) is 0. The van der Waals surface area contributed by atoms with Crippen LogP contribution < -0.4 is 0 Å². The van der Waals surface area contributed by atoms with Crippen LogP contribution >= 0.6 is 0 Å². The summed E-state index contributed by atoms with van der Waals surface area (Å²) in [6.45, 7) is 4.58. The maximum atomic E-state index is 2.52. The van der Waals surface area contributed by atoms with Gasteiger partial charge in [0.25, 0.3) is 0 Å². The van der Waals surface area contributed by atoms with Crippen molar-refractivity contribution >= 4 is 64.6 Å². The van der Waals surface area contributed by atoms with Crippen molar-refractivity contribution in [1.29, 1.82) is 0 Å². The first-order valence-corrected chi connectivity index (χ1v) is 25.9. The fourth-order valence-corrected chi connectivity index (χ4v) is 13.5. The van der Waals surface area contributed by atoms with E-state index in [0.717, 1.165) is 0 Å². The molecule has 0 spiro atoms. The molecule has 0 heterocycles. The van der Waals surface area contributed by atoms with E-state index in [9.17, 15) is 0 Å². The summed E-state index contributed by atoms with van der Waals surface area (Å²) in [5.41, 5.74) is 24.5. The number of hydrogen-bond donors (Lipinski definition) is 0. The predicted octanol–water partition coefficient (Wildman–Crippen LogP) is 20.8. The van der Waals surface area contributed by atoms with E-state index in [1.165, 1.54) is 170 Å². The first-order valence-electron chi connectivity index (χ1n) is 25.9. The van der Waals surface area contributed by atoms with Crippen LogP contribution in [0.4, 0.5) is 0 Å². The van der Waals surface area contributed by atoms with E-state index in [2.05, 4.69) is 250 Å². The first-order chi connectivity index (χ1) is 36.1. The van der Waals surface area contributed by atoms with E-state index < -0.39 is 0 Å². The Hall–Kier alpha value is -9.10. The van der Waals surface area contributed by atoms with Crippen LogP contribution in [0.25, 0.3) is 165 Å². The van der Waals surface area contributed by atoms with Crippen LogP contribution in [0.2, 0.25) is 0 Å². The van der Waals surface area contributed by atoms with Gasteiger partial charge in [0.15, 0.2) is 0 Å². The van der Waals surface area contributed by atoms with Crippen LogP contribution in [-0.2, 0) is 0 Å². The zero-order chi connectivity index (χ0) is 48.1. The van der Waals surface area contributed by atoms with E-state index >= 15 is 0 Å². The molecule has 14 aromatic rings. The Balaban J connectivity index is 1.02. The molecule has 0 N–H and O–H groups in total. The Morgan fingerprint density at radius 2 is 0.575 bits per heavy atom. The summed E-state index contributed by atoms with van der Waals surface area (Å²) < 4.78 is 0. The number of benzene rings is 14. The second-order valence-corrected chi connectivity index (χ2v) is 20.7. The zero-order valence-electron chi connectivity index (χ0n) is 40.6. The van der Waals surface area contributed by atoms with Gasteiger partial charge in [-0.3, -0.25) is 0 Å². The second kappa shape index (κ2) is 15.2. The summed E-state index contributed by atoms with van der Waals surface area (Å²) in [5, 5.41) is 15.7. The molecule has 0 nitrogen and oxygen atoms in total. The molecule has 0 unspecified atom stereocenters. The summed E-state index contributed by atoms with van der Waals surface area (Å²) in [4.78, 5) is 0. The van der Waals surface area contributed by atoms with Gasteiger partial charge in [0.05, 0.1) is 0 Å². The minimum atomic E-state index is 0.462. The quantitative estimate of drug-likeness (QED) is 0.146. The number of hydrogen-bond acceptors (Lipinski definition) is 0. The Morgan fingerprint density at radius 1 is 0.219 bits per heavy atom. The second-order valence-electron chi connectivity index (χ2n) is 20.7. The molecule has 338 valence electrons. The van der Waals surface area contributed by atoms with E-state index in [0.29, 0.717) is 5.92 Å². The van der Waals surface area contributed by atoms with Gasteiger partial charge in [-0.2, -0.15) is 0 Å². The van der Waals surface area contributed by atoms with Gasteiger partial charge < -0.3 is 0 Å². The maximum Gasteiger partial charge on any atom is -0.000740 e. The highest BCUT2D eigenvalue weighted by molar-refractivity contribution is 6.36. The Kier molecular flexibility index (Phi) is 8.46. The van der Waals surface area contributed by atoms with E-state index in [-0.39, 0.29) is 0 Å². The molecule has 0 aromatic heterocycles. The molecule has 0 heteroatoms. The summed E-state index contributed by atoms with van der Waals surface area (Å²) in [5.74, 6) is 0.462. The minimum absolute atomic E-state index is 0.462. The molecule has 2 aliphatic carbocycles. The molecule has 0 amide bonds. The zero-order valence-corrected chi connectivity index (χ0v) is 40.6. The smallest absolute Gasteiger partial charge is 0.000740 e. The fraction of sp³-hybridized carbons (Fsp3) is 0.0411. The van der Waals surface area contributed by atoms with Gasteiger partial charge >= 0.3 is 0 Å². The topological polar surface area (TPSA) is 0 Å². The Labute approximate surface area is 424 Å². The molecule has 2 aliphatic rings. The molecule has 0 radical (unpaired) electrons. The van der Waals surface area contributed by atoms with Gasteiger partial charge in [-0.05, 0) is 182 Å². The normalized spacial score (nSPS) is 12.4. The summed E-state index contributed by atoms with van der Waals surface area (Å²) in [7, 11) is 0. The highest BCUT2D eigenvalue weighted by Gasteiger charge is 2.37. The molecule has 73 heavy (non-hydrogen) atoms. The monoisotopic (exact) mass is 922 g/mol. The van der Waals surface area contributed by atoms with Crippen LogP contribution in [0.3, 0.4) is 0 Å². The summed E-state index contributed by atoms with van der Waals surface area (Å²) >= 11 is 0. The van der Waals surface area contributed by atoms with Gasteiger partial charge in [0, 0.05) is 0 Å². The lowest BCUT2D eigenvalue weighted by atomic mass is 9.81. The van der Waals surface area contributed by atoms with Crippen molar-refractivity contribution in [2.24, 2.45) is 0 Å². The van der Waals surface area contributed by atoms with Crippen molar-refractivity contribution in [1.82, 2.24) is 0 Å². The van der Waals surface area contributed by atoms with Crippen LogP contribution in [0.5, 0.6) is 0 Å². The lowest BCUT2D eigenvalue weighted by molar-refractivity contribution is 0.870. The standard InChI is InChI=1S/C73H46/c1-42(2)51-39-49-28-27-47-29-32-52(55-34-31-50(40-51)62(49)63(47)55)48-30-33-56-61(41-48)67(46-23-13-6-14-24-46)73-60-38-37-58-68-57(35-36-59(69(60)68)72(73)66(56)45-21-11-5-12-22-45)70-64(43-17-7-3-8-18-43)53-25-15-16-26-54(53)65(71(58)70)44-19-9-4-10-20-44/h3-42H,1-2H3. The molecular formula is C73H46. The van der Waals surface area contributed by atoms with Crippen molar-refractivity contribution in [3.63, 3.8) is 0 Å². The van der Waals surface area contributed by atoms with Crippen molar-refractivity contribution in [3.05, 3.63) is 242 Å². The molecule has 0 saturated carbocycles. The van der Waals surface area contributed by atoms with Crippen molar-refractivity contribution in [3.8, 4) is 100 Å². The molecule has 0 atom stereocenters. The molecule has 14 aromatic carbocycles. The SMILES string of the molecule is CC(C)c1cc2ccc3ccc(-c4ccc5c(-c6ccccc6)c6c(c(-c7ccccc7)c5c4)-c4ccc5c7c(ccc-6c47)-c4c-5c(-c5ccccc5)c5ccccc5c4-c4ccccc4)c4ccc(c1)c2c34. The maximum absolute atomic E-state index is 2.52.